The molecule has 146 valence electrons. The van der Waals surface area contributed by atoms with Crippen LogP contribution in [0.5, 0.6) is 11.5 Å². The molecular weight excluding hydrogens is 371 g/mol. The second-order valence-electron chi connectivity index (χ2n) is 5.77. The number of hydrazone groups is 1. The average molecular weight is 394 g/mol. The summed E-state index contributed by atoms with van der Waals surface area (Å²) in [7, 11) is -2.32. The predicted molar refractivity (Wildman–Crippen MR) is 102 cm³/mol. The number of ether oxygens (including phenoxy) is 2. The van der Waals surface area contributed by atoms with Crippen LogP contribution in [-0.2, 0) is 10.0 Å². The van der Waals surface area contributed by atoms with Crippen molar-refractivity contribution in [1.29, 1.82) is 0 Å². The number of methoxy groups -OCH3 is 1. The maximum absolute atomic E-state index is 12.9. The number of unbranched alkanes of at least 4 members (excludes halogenated alkanes) is 2. The summed E-state index contributed by atoms with van der Waals surface area (Å²) in [5.41, 5.74) is 0.634. The van der Waals surface area contributed by atoms with Crippen LogP contribution in [0, 0.1) is 5.82 Å². The molecule has 0 unspecified atom stereocenters. The van der Waals surface area contributed by atoms with E-state index >= 15 is 0 Å². The maximum atomic E-state index is 12.9. The fraction of sp³-hybridized carbons (Fsp3) is 0.316. The lowest BCUT2D eigenvalue weighted by atomic mass is 10.2. The monoisotopic (exact) mass is 394 g/mol. The zero-order valence-electron chi connectivity index (χ0n) is 15.3. The van der Waals surface area contributed by atoms with Gasteiger partial charge in [0.05, 0.1) is 24.8 Å². The zero-order chi connectivity index (χ0) is 19.7. The van der Waals surface area contributed by atoms with Gasteiger partial charge in [-0.15, -0.1) is 0 Å². The van der Waals surface area contributed by atoms with Crippen LogP contribution in [0.2, 0.25) is 0 Å². The van der Waals surface area contributed by atoms with Crippen LogP contribution >= 0.6 is 0 Å². The minimum absolute atomic E-state index is 0.0746. The molecule has 0 amide bonds. The van der Waals surface area contributed by atoms with Crippen molar-refractivity contribution in [2.45, 2.75) is 31.1 Å². The van der Waals surface area contributed by atoms with Gasteiger partial charge in [-0.25, -0.2) is 9.22 Å². The lowest BCUT2D eigenvalue weighted by Gasteiger charge is -2.11. The van der Waals surface area contributed by atoms with Crippen molar-refractivity contribution in [2.24, 2.45) is 5.10 Å². The molecule has 0 radical (unpaired) electrons. The largest absolute Gasteiger partial charge is 0.493 e. The van der Waals surface area contributed by atoms with Gasteiger partial charge in [0.2, 0.25) is 0 Å². The van der Waals surface area contributed by atoms with Gasteiger partial charge >= 0.3 is 0 Å². The molecule has 0 aliphatic rings. The van der Waals surface area contributed by atoms with Gasteiger partial charge in [0.25, 0.3) is 10.0 Å². The fourth-order valence-electron chi connectivity index (χ4n) is 2.25. The van der Waals surface area contributed by atoms with Gasteiger partial charge < -0.3 is 9.47 Å². The van der Waals surface area contributed by atoms with E-state index in [4.69, 9.17) is 9.47 Å². The molecule has 0 fully saturated rings. The van der Waals surface area contributed by atoms with Gasteiger partial charge in [0.15, 0.2) is 11.5 Å². The Balaban J connectivity index is 2.02. The second-order valence-corrected chi connectivity index (χ2v) is 7.43. The Kier molecular flexibility index (Phi) is 7.60. The van der Waals surface area contributed by atoms with Gasteiger partial charge in [-0.2, -0.15) is 13.5 Å². The first-order valence-electron chi connectivity index (χ1n) is 8.57. The molecule has 6 nitrogen and oxygen atoms in total. The Morgan fingerprint density at radius 1 is 1.11 bits per heavy atom. The molecule has 2 rings (SSSR count). The van der Waals surface area contributed by atoms with Crippen LogP contribution in [-0.4, -0.2) is 28.3 Å². The number of halogens is 1. The predicted octanol–water partition coefficient (Wildman–Crippen LogP) is 3.72. The molecule has 0 spiro atoms. The topological polar surface area (TPSA) is 77.0 Å². The van der Waals surface area contributed by atoms with E-state index in [9.17, 15) is 12.8 Å². The summed E-state index contributed by atoms with van der Waals surface area (Å²) in [6.45, 7) is 2.73. The van der Waals surface area contributed by atoms with E-state index in [1.54, 1.807) is 18.2 Å². The highest BCUT2D eigenvalue weighted by atomic mass is 32.2. The van der Waals surface area contributed by atoms with Crippen molar-refractivity contribution < 1.29 is 22.3 Å². The molecule has 0 saturated heterocycles. The summed E-state index contributed by atoms with van der Waals surface area (Å²) >= 11 is 0. The quantitative estimate of drug-likeness (QED) is 0.379. The van der Waals surface area contributed by atoms with Crippen molar-refractivity contribution in [3.05, 3.63) is 53.8 Å². The van der Waals surface area contributed by atoms with E-state index in [-0.39, 0.29) is 4.90 Å². The van der Waals surface area contributed by atoms with Gasteiger partial charge in [0, 0.05) is 0 Å². The van der Waals surface area contributed by atoms with Crippen LogP contribution in [0.4, 0.5) is 4.39 Å². The van der Waals surface area contributed by atoms with Crippen molar-refractivity contribution in [1.82, 2.24) is 4.83 Å². The molecule has 2 aromatic carbocycles. The highest BCUT2D eigenvalue weighted by Crippen LogP contribution is 2.27. The number of benzene rings is 2. The van der Waals surface area contributed by atoms with E-state index in [2.05, 4.69) is 16.9 Å². The first-order valence-corrected chi connectivity index (χ1v) is 10.1. The molecule has 0 bridgehead atoms. The van der Waals surface area contributed by atoms with Crippen molar-refractivity contribution in [2.75, 3.05) is 13.7 Å². The molecule has 0 aromatic heterocycles. The molecule has 0 saturated carbocycles. The lowest BCUT2D eigenvalue weighted by molar-refractivity contribution is 0.286. The van der Waals surface area contributed by atoms with Crippen LogP contribution in [0.15, 0.2) is 52.5 Å². The number of sulfonamides is 1. The fourth-order valence-corrected chi connectivity index (χ4v) is 3.05. The zero-order valence-corrected chi connectivity index (χ0v) is 16.1. The average Bonchev–Trinajstić information content (AvgIpc) is 2.66. The maximum Gasteiger partial charge on any atom is 0.276 e. The standard InChI is InChI=1S/C19H23FN2O4S/c1-3-4-5-12-26-18-11-6-15(13-19(18)25-2)14-21-22-27(23,24)17-9-7-16(20)8-10-17/h6-11,13-14,22H,3-5,12H2,1-2H3/b21-14+. The number of nitrogens with one attached hydrogen (secondary N) is 1. The van der Waals surface area contributed by atoms with Crippen molar-refractivity contribution >= 4 is 16.2 Å². The summed E-state index contributed by atoms with van der Waals surface area (Å²) in [5, 5.41) is 3.75. The van der Waals surface area contributed by atoms with E-state index in [1.807, 2.05) is 0 Å². The smallest absolute Gasteiger partial charge is 0.276 e. The highest BCUT2D eigenvalue weighted by Gasteiger charge is 2.12. The van der Waals surface area contributed by atoms with E-state index < -0.39 is 15.8 Å². The van der Waals surface area contributed by atoms with Gasteiger partial charge in [0.1, 0.15) is 5.82 Å². The highest BCUT2D eigenvalue weighted by molar-refractivity contribution is 7.89. The first-order chi connectivity index (χ1) is 13.0. The summed E-state index contributed by atoms with van der Waals surface area (Å²) in [4.78, 5) is 2.02. The third kappa shape index (κ3) is 6.25. The second kappa shape index (κ2) is 9.91. The Bertz CT molecular complexity index is 868. The summed E-state index contributed by atoms with van der Waals surface area (Å²) in [6.07, 6.45) is 4.53. The van der Waals surface area contributed by atoms with E-state index in [0.29, 0.717) is 23.7 Å². The van der Waals surface area contributed by atoms with Gasteiger partial charge in [-0.3, -0.25) is 0 Å². The molecule has 1 N–H and O–H groups in total. The molecule has 0 aliphatic heterocycles. The van der Waals surface area contributed by atoms with Crippen LogP contribution in [0.25, 0.3) is 0 Å². The number of nitrogens with zero attached hydrogens (tertiary/aromatic N) is 1. The lowest BCUT2D eigenvalue weighted by Crippen LogP contribution is -2.18. The van der Waals surface area contributed by atoms with Crippen molar-refractivity contribution in [3.63, 3.8) is 0 Å². The minimum atomic E-state index is -3.86. The van der Waals surface area contributed by atoms with Gasteiger partial charge in [-0.1, -0.05) is 19.8 Å². The SMILES string of the molecule is CCCCCOc1ccc(/C=N/NS(=O)(=O)c2ccc(F)cc2)cc1OC. The van der Waals surface area contributed by atoms with E-state index in [0.717, 1.165) is 31.4 Å². The normalized spacial score (nSPS) is 11.5. The van der Waals surface area contributed by atoms with Crippen molar-refractivity contribution in [3.8, 4) is 11.5 Å². The molecule has 27 heavy (non-hydrogen) atoms. The first kappa shape index (κ1) is 20.7. The summed E-state index contributed by atoms with van der Waals surface area (Å²) in [5.74, 6) is 0.649. The molecule has 8 heteroatoms. The Labute approximate surface area is 159 Å². The molecule has 0 atom stereocenters. The summed E-state index contributed by atoms with van der Waals surface area (Å²) in [6, 6.07) is 9.67. The Hall–Kier alpha value is -2.61. The number of hydrogen-bond acceptors (Lipinski definition) is 5. The van der Waals surface area contributed by atoms with Crippen LogP contribution < -0.4 is 14.3 Å². The number of hydrogen-bond donors (Lipinski definition) is 1. The minimum Gasteiger partial charge on any atom is -0.493 e. The van der Waals surface area contributed by atoms with Crippen LogP contribution in [0.3, 0.4) is 0 Å². The summed E-state index contributed by atoms with van der Waals surface area (Å²) < 4.78 is 48.1. The van der Waals surface area contributed by atoms with Gasteiger partial charge in [-0.05, 0) is 54.4 Å². The molecular formula is C19H23FN2O4S. The molecule has 0 aliphatic carbocycles. The van der Waals surface area contributed by atoms with Crippen LogP contribution in [0.1, 0.15) is 31.7 Å². The molecule has 0 heterocycles. The Morgan fingerprint density at radius 2 is 1.85 bits per heavy atom. The third-order valence-electron chi connectivity index (χ3n) is 3.70. The van der Waals surface area contributed by atoms with E-state index in [1.165, 1.54) is 25.5 Å². The Morgan fingerprint density at radius 3 is 2.52 bits per heavy atom. The number of rotatable bonds is 10. The third-order valence-corrected chi connectivity index (χ3v) is 4.94. The molecule has 2 aromatic rings.